The fourth-order valence-corrected chi connectivity index (χ4v) is 2.22. The Hall–Kier alpha value is -0.940. The van der Waals surface area contributed by atoms with Crippen LogP contribution in [0.25, 0.3) is 0 Å². The number of nitrogens with one attached hydrogen (secondary N) is 1. The van der Waals surface area contributed by atoms with Gasteiger partial charge in [-0.3, -0.25) is 4.79 Å². The number of aromatic nitrogens is 1. The Morgan fingerprint density at radius 1 is 1.80 bits per heavy atom. The third kappa shape index (κ3) is 2.54. The molecule has 1 aromatic heterocycles. The van der Waals surface area contributed by atoms with Crippen molar-refractivity contribution in [2.45, 2.75) is 25.8 Å². The molecule has 1 saturated carbocycles. The maximum atomic E-state index is 11.7. The zero-order valence-electron chi connectivity index (χ0n) is 8.69. The van der Waals surface area contributed by atoms with Crippen molar-refractivity contribution < 1.29 is 4.79 Å². The molecule has 0 aromatic carbocycles. The van der Waals surface area contributed by atoms with Gasteiger partial charge in [0.15, 0.2) is 0 Å². The average molecular weight is 225 g/mol. The normalized spacial score (nSPS) is 17.5. The summed E-state index contributed by atoms with van der Waals surface area (Å²) in [5.74, 6) is 0.568. The number of nitrogens with zero attached hydrogens (tertiary/aromatic N) is 1. The average Bonchev–Trinajstić information content (AvgIpc) is 2.98. The van der Waals surface area contributed by atoms with Crippen LogP contribution < -0.4 is 11.1 Å². The van der Waals surface area contributed by atoms with E-state index in [0.29, 0.717) is 17.3 Å². The first-order chi connectivity index (χ1) is 7.18. The van der Waals surface area contributed by atoms with Crippen LogP contribution in [0.5, 0.6) is 0 Å². The van der Waals surface area contributed by atoms with Crippen LogP contribution in [0, 0.1) is 12.8 Å². The number of thiazole rings is 1. The number of aryl methyl sites for hydroxylation is 1. The number of rotatable bonds is 4. The standard InChI is InChI=1S/C10H15N3OS/c1-6-9(15-5-13-6)10(14)12-4-8(11)7-2-3-7/h5,7-8H,2-4,11H2,1H3,(H,12,14). The molecule has 1 atom stereocenters. The van der Waals surface area contributed by atoms with E-state index < -0.39 is 0 Å². The Morgan fingerprint density at radius 2 is 2.53 bits per heavy atom. The molecule has 0 radical (unpaired) electrons. The third-order valence-corrected chi connectivity index (χ3v) is 3.60. The second-order valence-electron chi connectivity index (χ2n) is 3.98. The van der Waals surface area contributed by atoms with E-state index in [1.54, 1.807) is 5.51 Å². The first-order valence-electron chi connectivity index (χ1n) is 5.12. The summed E-state index contributed by atoms with van der Waals surface area (Å²) in [6, 6.07) is 0.113. The fraction of sp³-hybridized carbons (Fsp3) is 0.600. The van der Waals surface area contributed by atoms with Crippen molar-refractivity contribution in [1.82, 2.24) is 10.3 Å². The summed E-state index contributed by atoms with van der Waals surface area (Å²) in [7, 11) is 0. The van der Waals surface area contributed by atoms with Crippen LogP contribution in [0.4, 0.5) is 0 Å². The van der Waals surface area contributed by atoms with E-state index in [2.05, 4.69) is 10.3 Å². The second kappa shape index (κ2) is 4.28. The van der Waals surface area contributed by atoms with Gasteiger partial charge in [0.25, 0.3) is 5.91 Å². The molecule has 0 aliphatic heterocycles. The molecule has 1 aliphatic carbocycles. The topological polar surface area (TPSA) is 68.0 Å². The van der Waals surface area contributed by atoms with Gasteiger partial charge in [0, 0.05) is 12.6 Å². The lowest BCUT2D eigenvalue weighted by molar-refractivity contribution is 0.0953. The van der Waals surface area contributed by atoms with E-state index in [9.17, 15) is 4.79 Å². The lowest BCUT2D eigenvalue weighted by Crippen LogP contribution is -2.38. The molecule has 1 aromatic rings. The van der Waals surface area contributed by atoms with Crippen molar-refractivity contribution in [3.8, 4) is 0 Å². The molecular weight excluding hydrogens is 210 g/mol. The van der Waals surface area contributed by atoms with Crippen molar-refractivity contribution in [2.75, 3.05) is 6.54 Å². The highest BCUT2D eigenvalue weighted by Gasteiger charge is 2.28. The maximum absolute atomic E-state index is 11.7. The van der Waals surface area contributed by atoms with Crippen molar-refractivity contribution in [3.05, 3.63) is 16.1 Å². The molecule has 2 rings (SSSR count). The SMILES string of the molecule is Cc1ncsc1C(=O)NCC(N)C1CC1. The molecule has 1 amide bonds. The van der Waals surface area contributed by atoms with Crippen molar-refractivity contribution >= 4 is 17.2 Å². The van der Waals surface area contributed by atoms with E-state index in [0.717, 1.165) is 5.69 Å². The highest BCUT2D eigenvalue weighted by molar-refractivity contribution is 7.11. The summed E-state index contributed by atoms with van der Waals surface area (Å²) in [5.41, 5.74) is 8.37. The van der Waals surface area contributed by atoms with Crippen molar-refractivity contribution in [3.63, 3.8) is 0 Å². The van der Waals surface area contributed by atoms with Gasteiger partial charge in [-0.15, -0.1) is 11.3 Å². The van der Waals surface area contributed by atoms with Gasteiger partial charge in [0.1, 0.15) is 4.88 Å². The largest absolute Gasteiger partial charge is 0.350 e. The highest BCUT2D eigenvalue weighted by atomic mass is 32.1. The van der Waals surface area contributed by atoms with E-state index in [-0.39, 0.29) is 11.9 Å². The molecule has 15 heavy (non-hydrogen) atoms. The second-order valence-corrected chi connectivity index (χ2v) is 4.83. The molecule has 1 heterocycles. The summed E-state index contributed by atoms with van der Waals surface area (Å²) in [6.07, 6.45) is 2.41. The summed E-state index contributed by atoms with van der Waals surface area (Å²) < 4.78 is 0. The molecule has 1 unspecified atom stereocenters. The van der Waals surface area contributed by atoms with Crippen LogP contribution in [0.15, 0.2) is 5.51 Å². The van der Waals surface area contributed by atoms with Gasteiger partial charge >= 0.3 is 0 Å². The van der Waals surface area contributed by atoms with E-state index in [1.165, 1.54) is 24.2 Å². The number of carbonyl (C=O) groups is 1. The maximum Gasteiger partial charge on any atom is 0.263 e. The number of hydrogen-bond acceptors (Lipinski definition) is 4. The van der Waals surface area contributed by atoms with Gasteiger partial charge in [0.2, 0.25) is 0 Å². The lowest BCUT2D eigenvalue weighted by Gasteiger charge is -2.10. The van der Waals surface area contributed by atoms with E-state index in [1.807, 2.05) is 6.92 Å². The Balaban J connectivity index is 1.84. The van der Waals surface area contributed by atoms with Crippen LogP contribution in [0.3, 0.4) is 0 Å². The Kier molecular flexibility index (Phi) is 3.02. The van der Waals surface area contributed by atoms with Crippen molar-refractivity contribution in [2.24, 2.45) is 11.7 Å². The number of nitrogens with two attached hydrogens (primary N) is 1. The predicted molar refractivity (Wildman–Crippen MR) is 59.9 cm³/mol. The van der Waals surface area contributed by atoms with E-state index >= 15 is 0 Å². The van der Waals surface area contributed by atoms with Gasteiger partial charge < -0.3 is 11.1 Å². The van der Waals surface area contributed by atoms with Crippen molar-refractivity contribution in [1.29, 1.82) is 0 Å². The molecule has 0 bridgehead atoms. The van der Waals surface area contributed by atoms with Crippen LogP contribution in [-0.2, 0) is 0 Å². The molecule has 0 spiro atoms. The van der Waals surface area contributed by atoms with Gasteiger partial charge in [-0.2, -0.15) is 0 Å². The molecule has 5 heteroatoms. The highest BCUT2D eigenvalue weighted by Crippen LogP contribution is 2.31. The first kappa shape index (κ1) is 10.6. The molecular formula is C10H15N3OS. The smallest absolute Gasteiger partial charge is 0.263 e. The van der Waals surface area contributed by atoms with Gasteiger partial charge in [-0.1, -0.05) is 0 Å². The Labute approximate surface area is 92.9 Å². The number of hydrogen-bond donors (Lipinski definition) is 2. The zero-order chi connectivity index (χ0) is 10.8. The summed E-state index contributed by atoms with van der Waals surface area (Å²) >= 11 is 1.37. The minimum absolute atomic E-state index is 0.0499. The quantitative estimate of drug-likeness (QED) is 0.800. The molecule has 82 valence electrons. The Morgan fingerprint density at radius 3 is 3.07 bits per heavy atom. The minimum Gasteiger partial charge on any atom is -0.350 e. The molecule has 0 saturated heterocycles. The molecule has 1 fully saturated rings. The Bertz CT molecular complexity index is 359. The molecule has 4 nitrogen and oxygen atoms in total. The van der Waals surface area contributed by atoms with E-state index in [4.69, 9.17) is 5.73 Å². The minimum atomic E-state index is -0.0499. The van der Waals surface area contributed by atoms with Gasteiger partial charge in [-0.25, -0.2) is 4.98 Å². The van der Waals surface area contributed by atoms with Gasteiger partial charge in [-0.05, 0) is 25.7 Å². The lowest BCUT2D eigenvalue weighted by atomic mass is 10.2. The van der Waals surface area contributed by atoms with Crippen LogP contribution >= 0.6 is 11.3 Å². The predicted octanol–water partition coefficient (Wildman–Crippen LogP) is 0.919. The number of amides is 1. The molecule has 3 N–H and O–H groups in total. The van der Waals surface area contributed by atoms with Crippen LogP contribution in [-0.4, -0.2) is 23.5 Å². The number of carbonyl (C=O) groups excluding carboxylic acids is 1. The van der Waals surface area contributed by atoms with Crippen LogP contribution in [0.2, 0.25) is 0 Å². The third-order valence-electron chi connectivity index (χ3n) is 2.68. The van der Waals surface area contributed by atoms with Crippen LogP contribution in [0.1, 0.15) is 28.2 Å². The van der Waals surface area contributed by atoms with Gasteiger partial charge in [0.05, 0.1) is 11.2 Å². The summed E-state index contributed by atoms with van der Waals surface area (Å²) in [6.45, 7) is 2.41. The monoisotopic (exact) mass is 225 g/mol. The summed E-state index contributed by atoms with van der Waals surface area (Å²) in [4.78, 5) is 16.4. The first-order valence-corrected chi connectivity index (χ1v) is 6.00. The summed E-state index contributed by atoms with van der Waals surface area (Å²) in [5, 5.41) is 2.85. The fourth-order valence-electron chi connectivity index (χ4n) is 1.50. The zero-order valence-corrected chi connectivity index (χ0v) is 9.51. The molecule has 1 aliphatic rings.